The number of carbonyl (C=O) groups is 2. The summed E-state index contributed by atoms with van der Waals surface area (Å²) < 4.78 is 9.50. The molecule has 0 aliphatic rings. The summed E-state index contributed by atoms with van der Waals surface area (Å²) in [5.41, 5.74) is 3.07. The zero-order valence-corrected chi connectivity index (χ0v) is 12.4. The highest BCUT2D eigenvalue weighted by Crippen LogP contribution is 2.30. The largest absolute Gasteiger partial charge is 0.465 e. The number of methoxy groups -OCH3 is 2. The monoisotopic (exact) mass is 298 g/mol. The molecule has 0 saturated carbocycles. The minimum absolute atomic E-state index is 0.263. The zero-order valence-electron chi connectivity index (χ0n) is 12.4. The Hall–Kier alpha value is -2.89. The van der Waals surface area contributed by atoms with E-state index < -0.39 is 11.9 Å². The van der Waals surface area contributed by atoms with Gasteiger partial charge < -0.3 is 14.5 Å². The Morgan fingerprint density at radius 1 is 1.09 bits per heavy atom. The second-order valence-electron chi connectivity index (χ2n) is 4.89. The lowest BCUT2D eigenvalue weighted by molar-refractivity contribution is 0.0587. The van der Waals surface area contributed by atoms with Gasteiger partial charge in [0.2, 0.25) is 0 Å². The van der Waals surface area contributed by atoms with Crippen molar-refractivity contribution in [2.75, 3.05) is 14.2 Å². The number of fused-ring (bicyclic) bond motifs is 3. The molecule has 3 aromatic rings. The first-order valence-electron chi connectivity index (χ1n) is 6.64. The molecule has 1 aromatic carbocycles. The highest BCUT2D eigenvalue weighted by atomic mass is 16.5. The van der Waals surface area contributed by atoms with E-state index in [0.717, 1.165) is 21.8 Å². The lowest BCUT2D eigenvalue weighted by atomic mass is 10.0. The summed E-state index contributed by atoms with van der Waals surface area (Å²) in [5, 5.41) is 1.68. The van der Waals surface area contributed by atoms with Crippen LogP contribution in [0, 0.1) is 6.92 Å². The predicted octanol–water partition coefficient (Wildman–Crippen LogP) is 2.60. The Morgan fingerprint density at radius 3 is 2.50 bits per heavy atom. The fourth-order valence-corrected chi connectivity index (χ4v) is 2.61. The third-order valence-corrected chi connectivity index (χ3v) is 3.68. The molecule has 22 heavy (non-hydrogen) atoms. The molecule has 0 bridgehead atoms. The van der Waals surface area contributed by atoms with Crippen molar-refractivity contribution >= 4 is 33.7 Å². The molecule has 6 nitrogen and oxygen atoms in total. The number of pyridine rings is 1. The summed E-state index contributed by atoms with van der Waals surface area (Å²) in [4.78, 5) is 30.9. The molecule has 0 saturated heterocycles. The molecule has 0 spiro atoms. The van der Waals surface area contributed by atoms with E-state index in [1.54, 1.807) is 31.3 Å². The number of nitrogens with one attached hydrogen (secondary N) is 1. The Morgan fingerprint density at radius 2 is 1.82 bits per heavy atom. The van der Waals surface area contributed by atoms with Crippen molar-refractivity contribution in [3.63, 3.8) is 0 Å². The predicted molar refractivity (Wildman–Crippen MR) is 81.0 cm³/mol. The number of hydrogen-bond donors (Lipinski definition) is 1. The highest BCUT2D eigenvalue weighted by Gasteiger charge is 2.17. The van der Waals surface area contributed by atoms with Gasteiger partial charge in [0.1, 0.15) is 0 Å². The van der Waals surface area contributed by atoms with Crippen LogP contribution in [-0.4, -0.2) is 36.1 Å². The number of aromatic nitrogens is 2. The Balaban J connectivity index is 2.34. The maximum absolute atomic E-state index is 11.8. The van der Waals surface area contributed by atoms with E-state index in [0.29, 0.717) is 11.1 Å². The fraction of sp³-hybridized carbons (Fsp3) is 0.188. The number of H-pyrrole nitrogens is 1. The van der Waals surface area contributed by atoms with Crippen LogP contribution in [0.5, 0.6) is 0 Å². The van der Waals surface area contributed by atoms with Crippen molar-refractivity contribution in [1.29, 1.82) is 0 Å². The average Bonchev–Trinajstić information content (AvgIpc) is 2.92. The van der Waals surface area contributed by atoms with Gasteiger partial charge >= 0.3 is 11.9 Å². The van der Waals surface area contributed by atoms with Gasteiger partial charge in [-0.25, -0.2) is 14.6 Å². The van der Waals surface area contributed by atoms with Crippen molar-refractivity contribution in [2.24, 2.45) is 0 Å². The van der Waals surface area contributed by atoms with E-state index >= 15 is 0 Å². The summed E-state index contributed by atoms with van der Waals surface area (Å²) in [6.07, 6.45) is 1.59. The van der Waals surface area contributed by atoms with Crippen LogP contribution in [0.2, 0.25) is 0 Å². The SMILES string of the molecule is COC(=O)c1ccc2[nH]c3cnc(C(=O)OC)c(C)c3c2c1. The molecule has 3 rings (SSSR count). The molecule has 0 radical (unpaired) electrons. The lowest BCUT2D eigenvalue weighted by Gasteiger charge is -2.04. The van der Waals surface area contributed by atoms with E-state index in [4.69, 9.17) is 9.47 Å². The first kappa shape index (κ1) is 14.1. The molecule has 1 N–H and O–H groups in total. The number of aromatic amines is 1. The van der Waals surface area contributed by atoms with Crippen molar-refractivity contribution in [3.8, 4) is 0 Å². The molecule has 0 amide bonds. The molecule has 2 heterocycles. The van der Waals surface area contributed by atoms with Crippen LogP contribution in [0.1, 0.15) is 26.4 Å². The topological polar surface area (TPSA) is 81.3 Å². The van der Waals surface area contributed by atoms with E-state index in [-0.39, 0.29) is 5.69 Å². The Kier molecular flexibility index (Phi) is 3.29. The maximum atomic E-state index is 11.8. The van der Waals surface area contributed by atoms with Crippen LogP contribution in [0.25, 0.3) is 21.8 Å². The van der Waals surface area contributed by atoms with Crippen molar-refractivity contribution in [3.05, 3.63) is 41.2 Å². The Bertz CT molecular complexity index is 911. The van der Waals surface area contributed by atoms with Crippen LogP contribution in [0.3, 0.4) is 0 Å². The lowest BCUT2D eigenvalue weighted by Crippen LogP contribution is -2.06. The van der Waals surface area contributed by atoms with Crippen molar-refractivity contribution < 1.29 is 19.1 Å². The molecule has 112 valence electrons. The minimum atomic E-state index is -0.488. The first-order valence-corrected chi connectivity index (χ1v) is 6.64. The number of rotatable bonds is 2. The smallest absolute Gasteiger partial charge is 0.356 e. The van der Waals surface area contributed by atoms with Gasteiger partial charge in [-0.1, -0.05) is 0 Å². The number of ether oxygens (including phenoxy) is 2. The van der Waals surface area contributed by atoms with E-state index in [9.17, 15) is 9.59 Å². The summed E-state index contributed by atoms with van der Waals surface area (Å²) >= 11 is 0. The summed E-state index contributed by atoms with van der Waals surface area (Å²) in [6.45, 7) is 1.81. The number of carbonyl (C=O) groups excluding carboxylic acids is 2. The van der Waals surface area contributed by atoms with Gasteiger partial charge in [0, 0.05) is 16.3 Å². The van der Waals surface area contributed by atoms with E-state index in [2.05, 4.69) is 9.97 Å². The first-order chi connectivity index (χ1) is 10.6. The summed E-state index contributed by atoms with van der Waals surface area (Å²) in [5.74, 6) is -0.894. The number of nitrogens with zero attached hydrogens (tertiary/aromatic N) is 1. The van der Waals surface area contributed by atoms with Gasteiger partial charge in [-0.15, -0.1) is 0 Å². The summed E-state index contributed by atoms with van der Waals surface area (Å²) in [7, 11) is 2.66. The van der Waals surface area contributed by atoms with Gasteiger partial charge in [0.05, 0.1) is 31.5 Å². The minimum Gasteiger partial charge on any atom is -0.465 e. The quantitative estimate of drug-likeness (QED) is 0.735. The number of esters is 2. The molecule has 2 aromatic heterocycles. The molecular formula is C16H14N2O4. The third kappa shape index (κ3) is 2.00. The van der Waals surface area contributed by atoms with Gasteiger partial charge in [0.25, 0.3) is 0 Å². The maximum Gasteiger partial charge on any atom is 0.356 e. The third-order valence-electron chi connectivity index (χ3n) is 3.68. The molecule has 0 fully saturated rings. The number of aryl methyl sites for hydroxylation is 1. The number of hydrogen-bond acceptors (Lipinski definition) is 5. The average molecular weight is 298 g/mol. The standard InChI is InChI=1S/C16H14N2O4/c1-8-13-10-6-9(15(19)21-2)4-5-11(10)18-12(13)7-17-14(8)16(20)22-3/h4-7,18H,1-3H3. The molecule has 0 aliphatic heterocycles. The molecule has 0 aliphatic carbocycles. The van der Waals surface area contributed by atoms with Crippen LogP contribution in [-0.2, 0) is 9.47 Å². The van der Waals surface area contributed by atoms with Gasteiger partial charge in [-0.3, -0.25) is 0 Å². The van der Waals surface area contributed by atoms with Crippen LogP contribution >= 0.6 is 0 Å². The normalized spacial score (nSPS) is 10.9. The second-order valence-corrected chi connectivity index (χ2v) is 4.89. The van der Waals surface area contributed by atoms with Crippen molar-refractivity contribution in [2.45, 2.75) is 6.92 Å². The van der Waals surface area contributed by atoms with Crippen LogP contribution < -0.4 is 0 Å². The highest BCUT2D eigenvalue weighted by molar-refractivity contribution is 6.12. The van der Waals surface area contributed by atoms with Gasteiger partial charge in [-0.05, 0) is 30.7 Å². The molecular weight excluding hydrogens is 284 g/mol. The van der Waals surface area contributed by atoms with Gasteiger partial charge in [0.15, 0.2) is 5.69 Å². The molecule has 0 atom stereocenters. The van der Waals surface area contributed by atoms with Crippen molar-refractivity contribution in [1.82, 2.24) is 9.97 Å². The summed E-state index contributed by atoms with van der Waals surface area (Å²) in [6, 6.07) is 5.24. The number of benzene rings is 1. The van der Waals surface area contributed by atoms with E-state index in [1.165, 1.54) is 14.2 Å². The second kappa shape index (κ2) is 5.14. The van der Waals surface area contributed by atoms with E-state index in [1.807, 2.05) is 0 Å². The molecule has 0 unspecified atom stereocenters. The van der Waals surface area contributed by atoms with Crippen LogP contribution in [0.15, 0.2) is 24.4 Å². The zero-order chi connectivity index (χ0) is 15.9. The fourth-order valence-electron chi connectivity index (χ4n) is 2.61. The van der Waals surface area contributed by atoms with Crippen LogP contribution in [0.4, 0.5) is 0 Å². The van der Waals surface area contributed by atoms with Gasteiger partial charge in [-0.2, -0.15) is 0 Å². The Labute approximate surface area is 126 Å². The molecule has 6 heteroatoms.